The Balaban J connectivity index is 1.96. The van der Waals surface area contributed by atoms with Crippen LogP contribution < -0.4 is 5.73 Å². The number of esters is 1. The number of ether oxygens (including phenoxy) is 1. The number of aromatic nitrogens is 1. The van der Waals surface area contributed by atoms with E-state index in [4.69, 9.17) is 10.5 Å². The number of pyridine rings is 1. The number of nitrogens with zero attached hydrogens (tertiary/aromatic N) is 1. The lowest BCUT2D eigenvalue weighted by Crippen LogP contribution is -2.53. The second kappa shape index (κ2) is 4.43. The maximum Gasteiger partial charge on any atom is 0.310 e. The van der Waals surface area contributed by atoms with Crippen molar-refractivity contribution in [3.63, 3.8) is 0 Å². The largest absolute Gasteiger partial charge is 0.469 e. The second-order valence-electron chi connectivity index (χ2n) is 7.08. The topological polar surface area (TPSA) is 82.3 Å². The van der Waals surface area contributed by atoms with Gasteiger partial charge in [0.2, 0.25) is 5.91 Å². The number of methoxy groups -OCH3 is 1. The molecule has 0 aromatic carbocycles. The van der Waals surface area contributed by atoms with Crippen LogP contribution >= 0.6 is 0 Å². The van der Waals surface area contributed by atoms with E-state index in [1.54, 1.807) is 6.20 Å². The fraction of sp³-hybridized carbons (Fsp3) is 0.500. The molecular weight excluding hydrogens is 292 g/mol. The van der Waals surface area contributed by atoms with E-state index in [-0.39, 0.29) is 23.2 Å². The number of nitrogens with two attached hydrogens (primary N) is 1. The molecular formula is C18H20N2O3. The van der Waals surface area contributed by atoms with E-state index in [0.29, 0.717) is 5.69 Å². The highest BCUT2D eigenvalue weighted by Gasteiger charge is 2.77. The lowest BCUT2D eigenvalue weighted by Gasteiger charge is -2.37. The van der Waals surface area contributed by atoms with Gasteiger partial charge in [-0.25, -0.2) is 0 Å². The molecule has 2 fully saturated rings. The van der Waals surface area contributed by atoms with Gasteiger partial charge < -0.3 is 10.5 Å². The van der Waals surface area contributed by atoms with Crippen LogP contribution in [0.5, 0.6) is 0 Å². The molecule has 1 heterocycles. The minimum Gasteiger partial charge on any atom is -0.469 e. The Kier molecular flexibility index (Phi) is 2.78. The van der Waals surface area contributed by atoms with Crippen LogP contribution in [-0.2, 0) is 19.7 Å². The van der Waals surface area contributed by atoms with E-state index in [1.807, 2.05) is 19.1 Å². The highest BCUT2D eigenvalue weighted by molar-refractivity contribution is 5.95. The number of hydrogen-bond acceptors (Lipinski definition) is 4. The van der Waals surface area contributed by atoms with Gasteiger partial charge in [0.15, 0.2) is 0 Å². The molecule has 23 heavy (non-hydrogen) atoms. The van der Waals surface area contributed by atoms with Gasteiger partial charge in [-0.15, -0.1) is 0 Å². The third-order valence-corrected chi connectivity index (χ3v) is 6.16. The lowest BCUT2D eigenvalue weighted by atomic mass is 9.65. The SMILES string of the molecule is COC(=O)[C@@H]1[C@H]2C=C[C@@H](C23CC3)[C@]1(C(N)=O)c1ccc(C)cn1. The predicted octanol–water partition coefficient (Wildman–Crippen LogP) is 1.50. The van der Waals surface area contributed by atoms with Gasteiger partial charge in [0.05, 0.1) is 18.7 Å². The highest BCUT2D eigenvalue weighted by Crippen LogP contribution is 2.75. The van der Waals surface area contributed by atoms with Crippen molar-refractivity contribution in [3.8, 4) is 0 Å². The van der Waals surface area contributed by atoms with Crippen LogP contribution in [0.1, 0.15) is 24.1 Å². The molecule has 1 amide bonds. The molecule has 0 radical (unpaired) electrons. The minimum absolute atomic E-state index is 0.00977. The quantitative estimate of drug-likeness (QED) is 0.677. The molecule has 2 N–H and O–H groups in total. The summed E-state index contributed by atoms with van der Waals surface area (Å²) in [6.07, 6.45) is 7.91. The Morgan fingerprint density at radius 1 is 1.30 bits per heavy atom. The number of carbonyl (C=O) groups is 2. The number of aryl methyl sites for hydroxylation is 1. The van der Waals surface area contributed by atoms with Gasteiger partial charge in [-0.05, 0) is 42.7 Å². The Morgan fingerprint density at radius 3 is 2.57 bits per heavy atom. The average Bonchev–Trinajstić information content (AvgIpc) is 3.21. The number of carbonyl (C=O) groups excluding carboxylic acids is 2. The van der Waals surface area contributed by atoms with Gasteiger partial charge in [0.25, 0.3) is 0 Å². The average molecular weight is 312 g/mol. The van der Waals surface area contributed by atoms with Gasteiger partial charge in [-0.2, -0.15) is 0 Å². The van der Waals surface area contributed by atoms with Crippen LogP contribution in [0, 0.1) is 30.1 Å². The fourth-order valence-electron chi connectivity index (χ4n) is 5.06. The van der Waals surface area contributed by atoms with Crippen molar-refractivity contribution in [2.45, 2.75) is 25.2 Å². The summed E-state index contributed by atoms with van der Waals surface area (Å²) < 4.78 is 5.05. The zero-order valence-corrected chi connectivity index (χ0v) is 13.3. The van der Waals surface area contributed by atoms with Crippen molar-refractivity contribution in [2.75, 3.05) is 7.11 Å². The van der Waals surface area contributed by atoms with E-state index < -0.39 is 17.2 Å². The summed E-state index contributed by atoms with van der Waals surface area (Å²) in [5, 5.41) is 0. The number of hydrogen-bond donors (Lipinski definition) is 1. The molecule has 2 bridgehead atoms. The zero-order valence-electron chi connectivity index (χ0n) is 13.3. The summed E-state index contributed by atoms with van der Waals surface area (Å²) in [6, 6.07) is 3.75. The molecule has 0 saturated heterocycles. The van der Waals surface area contributed by atoms with E-state index in [2.05, 4.69) is 17.1 Å². The number of primary amides is 1. The molecule has 1 spiro atoms. The first-order valence-corrected chi connectivity index (χ1v) is 7.97. The molecule has 4 atom stereocenters. The normalized spacial score (nSPS) is 35.5. The van der Waals surface area contributed by atoms with Crippen LogP contribution in [0.25, 0.3) is 0 Å². The number of allylic oxidation sites excluding steroid dienone is 2. The maximum absolute atomic E-state index is 12.7. The first kappa shape index (κ1) is 14.4. The van der Waals surface area contributed by atoms with E-state index in [0.717, 1.165) is 18.4 Å². The molecule has 1 aromatic rings. The monoisotopic (exact) mass is 312 g/mol. The van der Waals surface area contributed by atoms with Crippen molar-refractivity contribution >= 4 is 11.9 Å². The second-order valence-corrected chi connectivity index (χ2v) is 7.08. The molecule has 3 aliphatic carbocycles. The van der Waals surface area contributed by atoms with Gasteiger partial charge in [-0.3, -0.25) is 14.6 Å². The first-order valence-electron chi connectivity index (χ1n) is 7.97. The molecule has 120 valence electrons. The van der Waals surface area contributed by atoms with Gasteiger partial charge in [0, 0.05) is 12.1 Å². The van der Waals surface area contributed by atoms with Crippen molar-refractivity contribution in [1.29, 1.82) is 0 Å². The summed E-state index contributed by atoms with van der Waals surface area (Å²) in [7, 11) is 1.37. The predicted molar refractivity (Wildman–Crippen MR) is 83.1 cm³/mol. The van der Waals surface area contributed by atoms with Crippen LogP contribution in [0.15, 0.2) is 30.5 Å². The van der Waals surface area contributed by atoms with Crippen LogP contribution in [-0.4, -0.2) is 24.0 Å². The van der Waals surface area contributed by atoms with Crippen LogP contribution in [0.2, 0.25) is 0 Å². The van der Waals surface area contributed by atoms with E-state index in [9.17, 15) is 9.59 Å². The van der Waals surface area contributed by atoms with E-state index >= 15 is 0 Å². The molecule has 0 aliphatic heterocycles. The first-order chi connectivity index (χ1) is 11.0. The zero-order chi connectivity index (χ0) is 16.4. The molecule has 3 aliphatic rings. The van der Waals surface area contributed by atoms with Crippen LogP contribution in [0.4, 0.5) is 0 Å². The Bertz CT molecular complexity index is 720. The van der Waals surface area contributed by atoms with Crippen molar-refractivity contribution < 1.29 is 14.3 Å². The maximum atomic E-state index is 12.7. The summed E-state index contributed by atoms with van der Waals surface area (Å²) >= 11 is 0. The highest BCUT2D eigenvalue weighted by atomic mass is 16.5. The smallest absolute Gasteiger partial charge is 0.310 e. The fourth-order valence-corrected chi connectivity index (χ4v) is 5.06. The standard InChI is InChI=1S/C18H20N2O3/c1-10-3-6-13(20-9-10)18(16(19)22)12-5-4-11(17(12)7-8-17)14(18)15(21)23-2/h3-6,9,11-12,14H,7-8H2,1-2H3,(H2,19,22)/t11-,12+,14+,18+/m1/s1. The molecule has 0 unspecified atom stereocenters. The van der Waals surface area contributed by atoms with Crippen molar-refractivity contribution in [2.24, 2.45) is 28.9 Å². The Hall–Kier alpha value is -2.17. The molecule has 2 saturated carbocycles. The van der Waals surface area contributed by atoms with Gasteiger partial charge in [0.1, 0.15) is 5.41 Å². The van der Waals surface area contributed by atoms with Gasteiger partial charge in [-0.1, -0.05) is 18.2 Å². The molecule has 5 heteroatoms. The summed E-state index contributed by atoms with van der Waals surface area (Å²) in [5.41, 5.74) is 6.38. The molecule has 4 rings (SSSR count). The summed E-state index contributed by atoms with van der Waals surface area (Å²) in [4.78, 5) is 29.8. The van der Waals surface area contributed by atoms with E-state index in [1.165, 1.54) is 7.11 Å². The minimum atomic E-state index is -1.10. The van der Waals surface area contributed by atoms with Gasteiger partial charge >= 0.3 is 5.97 Å². The third kappa shape index (κ3) is 1.55. The summed E-state index contributed by atoms with van der Waals surface area (Å²) in [6.45, 7) is 1.94. The Morgan fingerprint density at radius 2 is 2.04 bits per heavy atom. The summed E-state index contributed by atoms with van der Waals surface area (Å²) in [5.74, 6) is -1.49. The third-order valence-electron chi connectivity index (χ3n) is 6.16. The van der Waals surface area contributed by atoms with Crippen molar-refractivity contribution in [1.82, 2.24) is 4.98 Å². The lowest BCUT2D eigenvalue weighted by molar-refractivity contribution is -0.152. The van der Waals surface area contributed by atoms with Crippen LogP contribution in [0.3, 0.4) is 0 Å². The number of rotatable bonds is 3. The van der Waals surface area contributed by atoms with Crippen molar-refractivity contribution in [3.05, 3.63) is 41.7 Å². The number of amides is 1. The molecule has 1 aromatic heterocycles. The molecule has 5 nitrogen and oxygen atoms in total. The Labute approximate surface area is 134 Å².